The number of amides is 1. The topological polar surface area (TPSA) is 29.5 Å². The highest BCUT2D eigenvalue weighted by atomic mass is 35.5. The van der Waals surface area contributed by atoms with E-state index >= 15 is 0 Å². The fourth-order valence-electron chi connectivity index (χ4n) is 1.67. The van der Waals surface area contributed by atoms with Crippen molar-refractivity contribution < 1.29 is 9.53 Å². The molecule has 1 unspecified atom stereocenters. The Kier molecular flexibility index (Phi) is 4.41. The summed E-state index contributed by atoms with van der Waals surface area (Å²) < 4.78 is 5.31. The first-order chi connectivity index (χ1) is 6.94. The van der Waals surface area contributed by atoms with Gasteiger partial charge in [0.25, 0.3) is 0 Å². The second-order valence-electron chi connectivity index (χ2n) is 5.21. The molecule has 4 heteroatoms. The second kappa shape index (κ2) is 5.17. The molecular weight excluding hydrogens is 214 g/mol. The predicted molar refractivity (Wildman–Crippen MR) is 61.1 cm³/mol. The average Bonchev–Trinajstić information content (AvgIpc) is 2.15. The van der Waals surface area contributed by atoms with Gasteiger partial charge >= 0.3 is 0 Å². The molecule has 1 heterocycles. The van der Waals surface area contributed by atoms with Crippen LogP contribution in [0, 0.1) is 5.41 Å². The molecule has 0 aromatic carbocycles. The monoisotopic (exact) mass is 233 g/mol. The van der Waals surface area contributed by atoms with Gasteiger partial charge in [-0.2, -0.15) is 0 Å². The molecule has 1 fully saturated rings. The van der Waals surface area contributed by atoms with E-state index in [2.05, 4.69) is 20.8 Å². The van der Waals surface area contributed by atoms with Crippen LogP contribution in [0.4, 0.5) is 0 Å². The number of halogens is 1. The first kappa shape index (κ1) is 12.8. The van der Waals surface area contributed by atoms with Crippen LogP contribution in [0.3, 0.4) is 0 Å². The molecule has 15 heavy (non-hydrogen) atoms. The van der Waals surface area contributed by atoms with Gasteiger partial charge in [0.05, 0.1) is 19.3 Å². The fraction of sp³-hybridized carbons (Fsp3) is 0.909. The van der Waals surface area contributed by atoms with Crippen LogP contribution in [0.1, 0.15) is 27.2 Å². The molecule has 0 aromatic rings. The van der Waals surface area contributed by atoms with Crippen molar-refractivity contribution >= 4 is 17.5 Å². The van der Waals surface area contributed by atoms with E-state index < -0.39 is 0 Å². The summed E-state index contributed by atoms with van der Waals surface area (Å²) in [6, 6.07) is 0.0512. The van der Waals surface area contributed by atoms with E-state index in [0.29, 0.717) is 32.1 Å². The molecule has 1 aliphatic heterocycles. The Hall–Kier alpha value is -0.280. The Morgan fingerprint density at radius 3 is 2.73 bits per heavy atom. The van der Waals surface area contributed by atoms with Crippen LogP contribution >= 0.6 is 11.6 Å². The van der Waals surface area contributed by atoms with Crippen molar-refractivity contribution in [1.29, 1.82) is 0 Å². The summed E-state index contributed by atoms with van der Waals surface area (Å²) in [6.07, 6.45) is 0.570. The molecule has 0 bridgehead atoms. The number of rotatable bonds is 2. The second-order valence-corrected chi connectivity index (χ2v) is 5.52. The molecule has 1 rings (SSSR count). The van der Waals surface area contributed by atoms with Crippen LogP contribution in [0.5, 0.6) is 0 Å². The van der Waals surface area contributed by atoms with Crippen LogP contribution in [0.2, 0.25) is 0 Å². The van der Waals surface area contributed by atoms with Crippen molar-refractivity contribution in [1.82, 2.24) is 4.90 Å². The summed E-state index contributed by atoms with van der Waals surface area (Å²) in [5.41, 5.74) is 0.0340. The van der Waals surface area contributed by atoms with Gasteiger partial charge in [0.2, 0.25) is 5.91 Å². The van der Waals surface area contributed by atoms with Gasteiger partial charge in [0.1, 0.15) is 0 Å². The van der Waals surface area contributed by atoms with Gasteiger partial charge in [-0.1, -0.05) is 20.8 Å². The van der Waals surface area contributed by atoms with Crippen molar-refractivity contribution in [3.63, 3.8) is 0 Å². The van der Waals surface area contributed by atoms with Crippen LogP contribution in [0.15, 0.2) is 0 Å². The van der Waals surface area contributed by atoms with Crippen LogP contribution in [-0.4, -0.2) is 42.5 Å². The van der Waals surface area contributed by atoms with E-state index in [1.807, 2.05) is 4.90 Å². The molecule has 0 spiro atoms. The molecule has 1 saturated heterocycles. The lowest BCUT2D eigenvalue weighted by Crippen LogP contribution is -2.50. The molecule has 0 saturated carbocycles. The van der Waals surface area contributed by atoms with E-state index in [-0.39, 0.29) is 17.4 Å². The zero-order valence-corrected chi connectivity index (χ0v) is 10.5. The highest BCUT2D eigenvalue weighted by Crippen LogP contribution is 2.21. The lowest BCUT2D eigenvalue weighted by atomic mass is 9.91. The molecule has 1 atom stereocenters. The number of ether oxygens (including phenoxy) is 1. The highest BCUT2D eigenvalue weighted by Gasteiger charge is 2.28. The molecule has 0 radical (unpaired) electrons. The molecule has 1 amide bonds. The van der Waals surface area contributed by atoms with Crippen molar-refractivity contribution in [2.75, 3.05) is 25.6 Å². The lowest BCUT2D eigenvalue weighted by molar-refractivity contribution is -0.140. The smallest absolute Gasteiger partial charge is 0.223 e. The van der Waals surface area contributed by atoms with Crippen molar-refractivity contribution in [2.45, 2.75) is 33.2 Å². The Morgan fingerprint density at radius 2 is 2.20 bits per heavy atom. The van der Waals surface area contributed by atoms with Crippen LogP contribution < -0.4 is 0 Å². The molecular formula is C11H20ClNO2. The summed E-state index contributed by atoms with van der Waals surface area (Å²) in [5, 5.41) is 0. The number of carbonyl (C=O) groups excluding carboxylic acids is 1. The van der Waals surface area contributed by atoms with Crippen LogP contribution in [-0.2, 0) is 9.53 Å². The third-order valence-corrected chi connectivity index (χ3v) is 2.76. The number of carbonyl (C=O) groups is 1. The number of alkyl halides is 1. The largest absolute Gasteiger partial charge is 0.377 e. The summed E-state index contributed by atoms with van der Waals surface area (Å²) in [4.78, 5) is 13.9. The zero-order chi connectivity index (χ0) is 11.5. The number of morpholine rings is 1. The molecule has 0 aliphatic carbocycles. The number of nitrogens with zero attached hydrogens (tertiary/aromatic N) is 1. The van der Waals surface area contributed by atoms with Crippen molar-refractivity contribution in [3.05, 3.63) is 0 Å². The maximum atomic E-state index is 12.0. The van der Waals surface area contributed by atoms with Gasteiger partial charge in [-0.15, -0.1) is 11.6 Å². The van der Waals surface area contributed by atoms with E-state index in [0.717, 1.165) is 0 Å². The molecule has 0 aromatic heterocycles. The normalized spacial score (nSPS) is 22.9. The summed E-state index contributed by atoms with van der Waals surface area (Å²) in [7, 11) is 0. The first-order valence-electron chi connectivity index (χ1n) is 5.37. The molecule has 1 aliphatic rings. The van der Waals surface area contributed by atoms with Gasteiger partial charge in [-0.05, 0) is 5.41 Å². The van der Waals surface area contributed by atoms with Gasteiger partial charge < -0.3 is 9.64 Å². The Labute approximate surface area is 96.7 Å². The van der Waals surface area contributed by atoms with Gasteiger partial charge in [-0.25, -0.2) is 0 Å². The standard InChI is InChI=1S/C11H20ClNO2/c1-11(2,3)6-10(14)13-4-5-15-8-9(13)7-12/h9H,4-8H2,1-3H3. The third kappa shape index (κ3) is 3.99. The Balaban J connectivity index is 2.56. The van der Waals surface area contributed by atoms with Crippen molar-refractivity contribution in [3.8, 4) is 0 Å². The van der Waals surface area contributed by atoms with E-state index in [9.17, 15) is 4.79 Å². The summed E-state index contributed by atoms with van der Waals surface area (Å²) >= 11 is 5.82. The third-order valence-electron chi connectivity index (χ3n) is 2.41. The van der Waals surface area contributed by atoms with Crippen LogP contribution in [0.25, 0.3) is 0 Å². The lowest BCUT2D eigenvalue weighted by Gasteiger charge is -2.36. The molecule has 0 N–H and O–H groups in total. The number of hydrogen-bond donors (Lipinski definition) is 0. The quantitative estimate of drug-likeness (QED) is 0.682. The molecule has 88 valence electrons. The SMILES string of the molecule is CC(C)(C)CC(=O)N1CCOCC1CCl. The zero-order valence-electron chi connectivity index (χ0n) is 9.75. The maximum Gasteiger partial charge on any atom is 0.223 e. The Bertz CT molecular complexity index is 225. The minimum Gasteiger partial charge on any atom is -0.377 e. The Morgan fingerprint density at radius 1 is 1.53 bits per heavy atom. The average molecular weight is 234 g/mol. The minimum atomic E-state index is 0.0340. The summed E-state index contributed by atoms with van der Waals surface area (Å²) in [6.45, 7) is 8.08. The number of hydrogen-bond acceptors (Lipinski definition) is 2. The first-order valence-corrected chi connectivity index (χ1v) is 5.90. The van der Waals surface area contributed by atoms with Gasteiger partial charge in [-0.3, -0.25) is 4.79 Å². The van der Waals surface area contributed by atoms with E-state index in [4.69, 9.17) is 16.3 Å². The van der Waals surface area contributed by atoms with Gasteiger partial charge in [0, 0.05) is 18.8 Å². The minimum absolute atomic E-state index is 0.0340. The fourth-order valence-corrected chi connectivity index (χ4v) is 1.92. The van der Waals surface area contributed by atoms with Gasteiger partial charge in [0.15, 0.2) is 0 Å². The van der Waals surface area contributed by atoms with E-state index in [1.54, 1.807) is 0 Å². The van der Waals surface area contributed by atoms with E-state index in [1.165, 1.54) is 0 Å². The summed E-state index contributed by atoms with van der Waals surface area (Å²) in [5.74, 6) is 0.645. The maximum absolute atomic E-state index is 12.0. The predicted octanol–water partition coefficient (Wildman–Crippen LogP) is 1.89. The molecule has 3 nitrogen and oxygen atoms in total. The van der Waals surface area contributed by atoms with Crippen molar-refractivity contribution in [2.24, 2.45) is 5.41 Å². The highest BCUT2D eigenvalue weighted by molar-refractivity contribution is 6.18.